The van der Waals surface area contributed by atoms with Gasteiger partial charge in [0.25, 0.3) is 5.91 Å². The van der Waals surface area contributed by atoms with Gasteiger partial charge in [0.2, 0.25) is 0 Å². The maximum Gasteiger partial charge on any atom is 0.258 e. The molecule has 0 fully saturated rings. The molecule has 0 bridgehead atoms. The van der Waals surface area contributed by atoms with E-state index in [0.29, 0.717) is 16.7 Å². The molecule has 0 radical (unpaired) electrons. The third-order valence-corrected chi connectivity index (χ3v) is 5.74. The molecule has 0 atom stereocenters. The predicted octanol–water partition coefficient (Wildman–Crippen LogP) is 4.32. The van der Waals surface area contributed by atoms with Crippen molar-refractivity contribution in [3.05, 3.63) is 58.6 Å². The van der Waals surface area contributed by atoms with Crippen molar-refractivity contribution in [2.75, 3.05) is 11.9 Å². The molecular formula is C20H21N3OS. The normalized spacial score (nSPS) is 14.7. The van der Waals surface area contributed by atoms with Crippen molar-refractivity contribution in [1.29, 1.82) is 0 Å². The molecule has 0 aliphatic carbocycles. The lowest BCUT2D eigenvalue weighted by Crippen LogP contribution is -2.35. The molecule has 1 aliphatic heterocycles. The van der Waals surface area contributed by atoms with Gasteiger partial charge in [-0.25, -0.2) is 4.98 Å². The number of hydrogen-bond acceptors (Lipinski definition) is 4. The Morgan fingerprint density at radius 3 is 2.84 bits per heavy atom. The number of aromatic nitrogens is 1. The maximum atomic E-state index is 12.8. The van der Waals surface area contributed by atoms with Gasteiger partial charge < -0.3 is 0 Å². The van der Waals surface area contributed by atoms with E-state index >= 15 is 0 Å². The molecule has 2 heterocycles. The van der Waals surface area contributed by atoms with Gasteiger partial charge in [0.1, 0.15) is 0 Å². The Hall–Kier alpha value is -2.24. The molecule has 1 aromatic heterocycles. The Morgan fingerprint density at radius 1 is 1.20 bits per heavy atom. The highest BCUT2D eigenvalue weighted by Crippen LogP contribution is 2.30. The van der Waals surface area contributed by atoms with E-state index in [2.05, 4.69) is 29.0 Å². The van der Waals surface area contributed by atoms with E-state index in [4.69, 9.17) is 0 Å². The number of fused-ring (bicyclic) bond motifs is 2. The number of anilines is 1. The molecule has 4 nitrogen and oxygen atoms in total. The molecule has 128 valence electrons. The van der Waals surface area contributed by atoms with Gasteiger partial charge in [0.15, 0.2) is 5.13 Å². The van der Waals surface area contributed by atoms with Gasteiger partial charge in [-0.2, -0.15) is 0 Å². The molecule has 1 aliphatic rings. The van der Waals surface area contributed by atoms with E-state index < -0.39 is 0 Å². The average molecular weight is 351 g/mol. The summed E-state index contributed by atoms with van der Waals surface area (Å²) in [5, 5.41) is 5.74. The molecule has 0 saturated carbocycles. The van der Waals surface area contributed by atoms with Gasteiger partial charge in [-0.1, -0.05) is 36.4 Å². The Balaban J connectivity index is 1.58. The lowest BCUT2D eigenvalue weighted by Gasteiger charge is -2.29. The summed E-state index contributed by atoms with van der Waals surface area (Å²) in [6.07, 6.45) is 0.953. The molecule has 0 spiro atoms. The second kappa shape index (κ2) is 6.58. The summed E-state index contributed by atoms with van der Waals surface area (Å²) in [5.74, 6) is -0.0939. The number of rotatable bonds is 3. The van der Waals surface area contributed by atoms with Crippen LogP contribution in [0.25, 0.3) is 10.8 Å². The van der Waals surface area contributed by atoms with Crippen LogP contribution in [-0.2, 0) is 13.0 Å². The standard InChI is InChI=1S/C20H21N3OS/c1-13(2)23-11-10-17-18(12-23)25-20(21-17)22-19(24)16-9-5-7-14-6-3-4-8-15(14)16/h3-9,13H,10-12H2,1-2H3,(H,21,22,24). The van der Waals surface area contributed by atoms with Crippen LogP contribution >= 0.6 is 11.3 Å². The number of carbonyl (C=O) groups excluding carboxylic acids is 1. The third-order valence-electron chi connectivity index (χ3n) is 4.75. The molecule has 1 amide bonds. The van der Waals surface area contributed by atoms with Crippen molar-refractivity contribution in [1.82, 2.24) is 9.88 Å². The van der Waals surface area contributed by atoms with Crippen LogP contribution in [0.15, 0.2) is 42.5 Å². The van der Waals surface area contributed by atoms with Crippen LogP contribution in [-0.4, -0.2) is 28.4 Å². The summed E-state index contributed by atoms with van der Waals surface area (Å²) >= 11 is 1.60. The molecule has 2 aromatic carbocycles. The fourth-order valence-electron chi connectivity index (χ4n) is 3.30. The smallest absolute Gasteiger partial charge is 0.258 e. The summed E-state index contributed by atoms with van der Waals surface area (Å²) in [6, 6.07) is 14.3. The van der Waals surface area contributed by atoms with Crippen molar-refractivity contribution in [2.45, 2.75) is 32.9 Å². The average Bonchev–Trinajstić information content (AvgIpc) is 3.02. The lowest BCUT2D eigenvalue weighted by atomic mass is 10.0. The summed E-state index contributed by atoms with van der Waals surface area (Å²) in [5.41, 5.74) is 1.82. The van der Waals surface area contributed by atoms with Crippen LogP contribution in [0.4, 0.5) is 5.13 Å². The summed E-state index contributed by atoms with van der Waals surface area (Å²) in [4.78, 5) is 21.1. The minimum atomic E-state index is -0.0939. The third kappa shape index (κ3) is 3.17. The van der Waals surface area contributed by atoms with E-state index in [-0.39, 0.29) is 5.91 Å². The summed E-state index contributed by atoms with van der Waals surface area (Å²) in [7, 11) is 0. The Morgan fingerprint density at radius 2 is 2.00 bits per heavy atom. The molecule has 5 heteroatoms. The number of carbonyl (C=O) groups is 1. The molecular weight excluding hydrogens is 330 g/mol. The van der Waals surface area contributed by atoms with Crippen LogP contribution in [0, 0.1) is 0 Å². The predicted molar refractivity (Wildman–Crippen MR) is 103 cm³/mol. The van der Waals surface area contributed by atoms with E-state index in [1.54, 1.807) is 11.3 Å². The zero-order valence-electron chi connectivity index (χ0n) is 14.5. The molecule has 1 N–H and O–H groups in total. The number of amides is 1. The van der Waals surface area contributed by atoms with E-state index in [1.807, 2.05) is 42.5 Å². The van der Waals surface area contributed by atoms with Crippen molar-refractivity contribution in [2.24, 2.45) is 0 Å². The Labute approximate surface area is 151 Å². The summed E-state index contributed by atoms with van der Waals surface area (Å²) < 4.78 is 0. The van der Waals surface area contributed by atoms with Gasteiger partial charge in [-0.15, -0.1) is 11.3 Å². The molecule has 4 rings (SSSR count). The first kappa shape index (κ1) is 16.2. The fraction of sp³-hybridized carbons (Fsp3) is 0.300. The van der Waals surface area contributed by atoms with E-state index in [0.717, 1.165) is 36.0 Å². The highest BCUT2D eigenvalue weighted by Gasteiger charge is 2.23. The maximum absolute atomic E-state index is 12.8. The molecule has 25 heavy (non-hydrogen) atoms. The van der Waals surface area contributed by atoms with E-state index in [9.17, 15) is 4.79 Å². The first-order valence-corrected chi connectivity index (χ1v) is 9.45. The SMILES string of the molecule is CC(C)N1CCc2nc(NC(=O)c3cccc4ccccc34)sc2C1. The van der Waals surface area contributed by atoms with Crippen LogP contribution in [0.5, 0.6) is 0 Å². The van der Waals surface area contributed by atoms with Crippen molar-refractivity contribution in [3.63, 3.8) is 0 Å². The minimum Gasteiger partial charge on any atom is -0.298 e. The Kier molecular flexibility index (Phi) is 4.27. The Bertz CT molecular complexity index is 926. The number of thiazole rings is 1. The zero-order valence-corrected chi connectivity index (χ0v) is 15.3. The van der Waals surface area contributed by atoms with Crippen LogP contribution in [0.1, 0.15) is 34.8 Å². The highest BCUT2D eigenvalue weighted by molar-refractivity contribution is 7.15. The number of hydrogen-bond donors (Lipinski definition) is 1. The second-order valence-electron chi connectivity index (χ2n) is 6.68. The molecule has 0 saturated heterocycles. The topological polar surface area (TPSA) is 45.2 Å². The monoisotopic (exact) mass is 351 g/mol. The van der Waals surface area contributed by atoms with Gasteiger partial charge in [0, 0.05) is 36.0 Å². The van der Waals surface area contributed by atoms with Gasteiger partial charge >= 0.3 is 0 Å². The number of nitrogens with one attached hydrogen (secondary N) is 1. The molecule has 3 aromatic rings. The quantitative estimate of drug-likeness (QED) is 0.764. The fourth-order valence-corrected chi connectivity index (χ4v) is 4.33. The van der Waals surface area contributed by atoms with Gasteiger partial charge in [-0.3, -0.25) is 15.0 Å². The highest BCUT2D eigenvalue weighted by atomic mass is 32.1. The minimum absolute atomic E-state index is 0.0939. The second-order valence-corrected chi connectivity index (χ2v) is 7.77. The van der Waals surface area contributed by atoms with E-state index in [1.165, 1.54) is 4.88 Å². The van der Waals surface area contributed by atoms with Crippen molar-refractivity contribution in [3.8, 4) is 0 Å². The van der Waals surface area contributed by atoms with Crippen molar-refractivity contribution < 1.29 is 4.79 Å². The van der Waals surface area contributed by atoms with Crippen LogP contribution in [0.3, 0.4) is 0 Å². The van der Waals surface area contributed by atoms with Crippen molar-refractivity contribution >= 4 is 33.1 Å². The number of benzene rings is 2. The van der Waals surface area contributed by atoms with Gasteiger partial charge in [0.05, 0.1) is 5.69 Å². The lowest BCUT2D eigenvalue weighted by molar-refractivity contribution is 0.102. The first-order valence-electron chi connectivity index (χ1n) is 8.63. The number of nitrogens with zero attached hydrogens (tertiary/aromatic N) is 2. The first-order chi connectivity index (χ1) is 12.1. The largest absolute Gasteiger partial charge is 0.298 e. The zero-order chi connectivity index (χ0) is 17.4. The van der Waals surface area contributed by atoms with Gasteiger partial charge in [-0.05, 0) is 30.7 Å². The van der Waals surface area contributed by atoms with Crippen LogP contribution in [0.2, 0.25) is 0 Å². The van der Waals surface area contributed by atoms with Crippen LogP contribution < -0.4 is 5.32 Å². The summed E-state index contributed by atoms with van der Waals surface area (Å²) in [6.45, 7) is 6.39. The molecule has 0 unspecified atom stereocenters.